The van der Waals surface area contributed by atoms with Gasteiger partial charge in [-0.05, 0) is 42.3 Å². The second kappa shape index (κ2) is 9.61. The number of amides is 2. The number of nitrogens with one attached hydrogen (secondary N) is 1. The van der Waals surface area contributed by atoms with Gasteiger partial charge in [0.05, 0.1) is 11.3 Å². The van der Waals surface area contributed by atoms with Gasteiger partial charge in [0.1, 0.15) is 5.00 Å². The normalized spacial score (nSPS) is 18.6. The second-order valence-electron chi connectivity index (χ2n) is 7.61. The fourth-order valence-electron chi connectivity index (χ4n) is 3.94. The van der Waals surface area contributed by atoms with E-state index >= 15 is 0 Å². The van der Waals surface area contributed by atoms with Crippen LogP contribution in [0.5, 0.6) is 0 Å². The van der Waals surface area contributed by atoms with Crippen molar-refractivity contribution in [2.45, 2.75) is 43.8 Å². The highest BCUT2D eigenvalue weighted by Crippen LogP contribution is 2.38. The molecule has 0 saturated heterocycles. The molecule has 0 aromatic carbocycles. The van der Waals surface area contributed by atoms with E-state index in [1.807, 2.05) is 12.1 Å². The molecule has 1 aliphatic rings. The van der Waals surface area contributed by atoms with Crippen LogP contribution in [0.1, 0.15) is 49.0 Å². The fourth-order valence-corrected chi connectivity index (χ4v) is 5.54. The molecule has 1 aliphatic carbocycles. The first-order valence-electron chi connectivity index (χ1n) is 10.2. The lowest BCUT2D eigenvalue weighted by atomic mass is 9.85. The Morgan fingerprint density at radius 2 is 2.13 bits per heavy atom. The van der Waals surface area contributed by atoms with Crippen molar-refractivity contribution in [1.82, 2.24) is 19.7 Å². The van der Waals surface area contributed by atoms with Crippen molar-refractivity contribution in [1.29, 1.82) is 0 Å². The molecule has 10 heteroatoms. The molecule has 1 saturated carbocycles. The lowest BCUT2D eigenvalue weighted by Gasteiger charge is -2.31. The van der Waals surface area contributed by atoms with Crippen molar-refractivity contribution in [3.63, 3.8) is 0 Å². The van der Waals surface area contributed by atoms with Gasteiger partial charge in [0.2, 0.25) is 5.91 Å². The van der Waals surface area contributed by atoms with E-state index in [9.17, 15) is 9.59 Å². The summed E-state index contributed by atoms with van der Waals surface area (Å²) in [7, 11) is 0. The van der Waals surface area contributed by atoms with Crippen molar-refractivity contribution < 1.29 is 9.59 Å². The number of rotatable bonds is 7. The van der Waals surface area contributed by atoms with E-state index in [4.69, 9.17) is 5.73 Å². The molecule has 0 bridgehead atoms. The molecule has 162 valence electrons. The summed E-state index contributed by atoms with van der Waals surface area (Å²) in [4.78, 5) is 28.2. The zero-order chi connectivity index (χ0) is 21.8. The van der Waals surface area contributed by atoms with Crippen LogP contribution in [0.2, 0.25) is 0 Å². The smallest absolute Gasteiger partial charge is 0.251 e. The minimum atomic E-state index is -0.559. The number of primary amides is 1. The van der Waals surface area contributed by atoms with Crippen LogP contribution in [0, 0.1) is 5.92 Å². The lowest BCUT2D eigenvalue weighted by Crippen LogP contribution is -2.23. The highest BCUT2D eigenvalue weighted by molar-refractivity contribution is 7.99. The van der Waals surface area contributed by atoms with Crippen LogP contribution in [-0.4, -0.2) is 37.3 Å². The first-order chi connectivity index (χ1) is 15.0. The summed E-state index contributed by atoms with van der Waals surface area (Å²) in [6.45, 7) is 2.26. The molecule has 3 aromatic heterocycles. The first kappa shape index (κ1) is 21.5. The highest BCUT2D eigenvalue weighted by atomic mass is 32.2. The monoisotopic (exact) mass is 456 g/mol. The number of thiophene rings is 1. The van der Waals surface area contributed by atoms with Gasteiger partial charge in [-0.15, -0.1) is 21.5 Å². The number of hydrogen-bond acceptors (Lipinski definition) is 7. The van der Waals surface area contributed by atoms with Crippen LogP contribution in [0.3, 0.4) is 0 Å². The second-order valence-corrected chi connectivity index (χ2v) is 9.47. The van der Waals surface area contributed by atoms with Crippen LogP contribution in [0.25, 0.3) is 11.4 Å². The van der Waals surface area contributed by atoms with Gasteiger partial charge >= 0.3 is 0 Å². The van der Waals surface area contributed by atoms with Gasteiger partial charge in [0.25, 0.3) is 5.91 Å². The number of pyridine rings is 1. The highest BCUT2D eigenvalue weighted by Gasteiger charge is 2.29. The quantitative estimate of drug-likeness (QED) is 0.520. The predicted molar refractivity (Wildman–Crippen MR) is 122 cm³/mol. The van der Waals surface area contributed by atoms with Crippen LogP contribution in [0.4, 0.5) is 5.00 Å². The maximum Gasteiger partial charge on any atom is 0.251 e. The number of hydrogen-bond donors (Lipinski definition) is 2. The summed E-state index contributed by atoms with van der Waals surface area (Å²) < 4.78 is 2.18. The van der Waals surface area contributed by atoms with Crippen LogP contribution < -0.4 is 11.1 Å². The Morgan fingerprint density at radius 1 is 1.29 bits per heavy atom. The maximum atomic E-state index is 12.5. The zero-order valence-electron chi connectivity index (χ0n) is 17.2. The number of anilines is 1. The van der Waals surface area contributed by atoms with Gasteiger partial charge in [-0.2, -0.15) is 0 Å². The van der Waals surface area contributed by atoms with Crippen LogP contribution in [-0.2, 0) is 4.79 Å². The van der Waals surface area contributed by atoms with E-state index in [-0.39, 0.29) is 17.7 Å². The Balaban J connectivity index is 1.55. The topological polar surface area (TPSA) is 116 Å². The molecule has 0 unspecified atom stereocenters. The van der Waals surface area contributed by atoms with Gasteiger partial charge in [-0.1, -0.05) is 31.5 Å². The third-order valence-corrected chi connectivity index (χ3v) is 7.27. The summed E-state index contributed by atoms with van der Waals surface area (Å²) in [6.07, 6.45) is 8.14. The standard InChI is InChI=1S/C21H24N6O2S2/c1-13-5-2-3-7-16(13)27-19(14-6-4-9-23-11-14)25-26-21(27)31-12-17(28)24-20-15(18(22)29)8-10-30-20/h4,6,8-11,13,16H,2-3,5,7,12H2,1H3,(H2,22,29)(H,24,28)/t13-,16-/m1/s1. The van der Waals surface area contributed by atoms with Crippen molar-refractivity contribution >= 4 is 39.9 Å². The molecule has 2 amide bonds. The largest absolute Gasteiger partial charge is 0.366 e. The summed E-state index contributed by atoms with van der Waals surface area (Å²) in [5.74, 6) is 0.657. The van der Waals surface area contributed by atoms with Crippen molar-refractivity contribution in [3.05, 3.63) is 41.5 Å². The fraction of sp³-hybridized carbons (Fsp3) is 0.381. The van der Waals surface area contributed by atoms with E-state index in [1.54, 1.807) is 23.8 Å². The van der Waals surface area contributed by atoms with Crippen LogP contribution >= 0.6 is 23.1 Å². The molecule has 4 rings (SSSR count). The number of aromatic nitrogens is 4. The molecule has 0 aliphatic heterocycles. The van der Waals surface area contributed by atoms with E-state index in [2.05, 4.69) is 32.0 Å². The Kier molecular flexibility index (Phi) is 6.67. The minimum absolute atomic E-state index is 0.155. The Labute approximate surface area is 188 Å². The zero-order valence-corrected chi connectivity index (χ0v) is 18.8. The van der Waals surface area contributed by atoms with Gasteiger partial charge in [-0.3, -0.25) is 19.1 Å². The molecule has 8 nitrogen and oxygen atoms in total. The third kappa shape index (κ3) is 4.80. The molecule has 0 radical (unpaired) electrons. The average Bonchev–Trinajstić information content (AvgIpc) is 3.40. The van der Waals surface area contributed by atoms with E-state index in [0.29, 0.717) is 21.6 Å². The Morgan fingerprint density at radius 3 is 2.87 bits per heavy atom. The average molecular weight is 457 g/mol. The minimum Gasteiger partial charge on any atom is -0.366 e. The van der Waals surface area contributed by atoms with Gasteiger partial charge in [0.15, 0.2) is 11.0 Å². The van der Waals surface area contributed by atoms with Crippen molar-refractivity contribution in [2.75, 3.05) is 11.1 Å². The predicted octanol–water partition coefficient (Wildman–Crippen LogP) is 3.98. The number of thioether (sulfide) groups is 1. The van der Waals surface area contributed by atoms with E-state index < -0.39 is 5.91 Å². The number of carbonyl (C=O) groups is 2. The molecular weight excluding hydrogens is 432 g/mol. The van der Waals surface area contributed by atoms with Crippen molar-refractivity contribution in [2.24, 2.45) is 11.7 Å². The molecule has 2 atom stereocenters. The van der Waals surface area contributed by atoms with Gasteiger partial charge < -0.3 is 11.1 Å². The molecule has 3 heterocycles. The van der Waals surface area contributed by atoms with Gasteiger partial charge in [-0.25, -0.2) is 0 Å². The Bertz CT molecular complexity index is 1070. The summed E-state index contributed by atoms with van der Waals surface area (Å²) in [5.41, 5.74) is 6.59. The molecule has 31 heavy (non-hydrogen) atoms. The number of nitrogens with zero attached hydrogens (tertiary/aromatic N) is 4. The third-order valence-electron chi connectivity index (χ3n) is 5.50. The molecule has 3 aromatic rings. The summed E-state index contributed by atoms with van der Waals surface area (Å²) in [5, 5.41) is 14.6. The Hall–Kier alpha value is -2.72. The number of nitrogens with two attached hydrogens (primary N) is 1. The van der Waals surface area contributed by atoms with Crippen molar-refractivity contribution in [3.8, 4) is 11.4 Å². The SMILES string of the molecule is C[C@@H]1CCCC[C@H]1n1c(SCC(=O)Nc2sccc2C(N)=O)nnc1-c1cccnc1. The maximum absolute atomic E-state index is 12.5. The number of carbonyl (C=O) groups excluding carboxylic acids is 2. The van der Waals surface area contributed by atoms with Gasteiger partial charge in [0, 0.05) is 24.0 Å². The van der Waals surface area contributed by atoms with E-state index in [0.717, 1.165) is 24.2 Å². The summed E-state index contributed by atoms with van der Waals surface area (Å²) in [6, 6.07) is 5.75. The molecule has 0 spiro atoms. The summed E-state index contributed by atoms with van der Waals surface area (Å²) >= 11 is 2.62. The molecule has 3 N–H and O–H groups in total. The van der Waals surface area contributed by atoms with Crippen LogP contribution in [0.15, 0.2) is 41.1 Å². The molecule has 1 fully saturated rings. The first-order valence-corrected chi connectivity index (χ1v) is 12.1. The molecular formula is C21H24N6O2S2. The lowest BCUT2D eigenvalue weighted by molar-refractivity contribution is -0.113. The van der Waals surface area contributed by atoms with E-state index in [1.165, 1.54) is 35.9 Å².